The van der Waals surface area contributed by atoms with Gasteiger partial charge in [0.05, 0.1) is 6.04 Å². The van der Waals surface area contributed by atoms with E-state index in [0.717, 1.165) is 5.56 Å². The van der Waals surface area contributed by atoms with Crippen LogP contribution in [-0.4, -0.2) is 16.8 Å². The Labute approximate surface area is 121 Å². The quantitative estimate of drug-likeness (QED) is 0.881. The predicted molar refractivity (Wildman–Crippen MR) is 74.1 cm³/mol. The molecule has 2 aromatic carbocycles. The highest BCUT2D eigenvalue weighted by Crippen LogP contribution is 2.36. The lowest BCUT2D eigenvalue weighted by Crippen LogP contribution is -2.62. The second-order valence-electron chi connectivity index (χ2n) is 5.08. The number of carbonyl (C=O) groups excluding carboxylic acids is 1. The Morgan fingerprint density at radius 1 is 1.05 bits per heavy atom. The van der Waals surface area contributed by atoms with Gasteiger partial charge in [0.1, 0.15) is 17.7 Å². The summed E-state index contributed by atoms with van der Waals surface area (Å²) in [5.74, 6) is -0.946. The first-order chi connectivity index (χ1) is 10.1. The molecular weight excluding hydrogens is 274 g/mol. The number of likely N-dealkylation sites (tertiary alicyclic amines) is 1. The van der Waals surface area contributed by atoms with Crippen LogP contribution >= 0.6 is 0 Å². The number of β-lactam (4-membered cyclic amide) rings is 1. The Hall–Kier alpha value is -2.27. The summed E-state index contributed by atoms with van der Waals surface area (Å²) in [5, 5.41) is 0. The molecule has 1 saturated heterocycles. The van der Waals surface area contributed by atoms with E-state index in [0.29, 0.717) is 5.56 Å². The average Bonchev–Trinajstić information content (AvgIpc) is 2.50. The third-order valence-corrected chi connectivity index (χ3v) is 3.73. The number of hydrogen-bond acceptors (Lipinski definition) is 2. The van der Waals surface area contributed by atoms with Crippen LogP contribution < -0.4 is 5.73 Å². The van der Waals surface area contributed by atoms with Gasteiger partial charge in [0.25, 0.3) is 0 Å². The Morgan fingerprint density at radius 3 is 2.38 bits per heavy atom. The van der Waals surface area contributed by atoms with Crippen molar-refractivity contribution in [1.29, 1.82) is 0 Å². The van der Waals surface area contributed by atoms with Crippen molar-refractivity contribution in [3.05, 3.63) is 71.3 Å². The second kappa shape index (κ2) is 5.26. The molecule has 108 valence electrons. The van der Waals surface area contributed by atoms with E-state index in [1.165, 1.54) is 23.1 Å². The standard InChI is InChI=1S/C16H14F2N2O/c17-11-7-5-10(6-8-11)9-20-15(14(19)16(20)21)12-3-1-2-4-13(12)18/h1-8,14-15H,9,19H2. The van der Waals surface area contributed by atoms with Gasteiger partial charge in [0, 0.05) is 12.1 Å². The summed E-state index contributed by atoms with van der Waals surface area (Å²) in [6.07, 6.45) is 0. The van der Waals surface area contributed by atoms with Gasteiger partial charge in [-0.3, -0.25) is 4.79 Å². The van der Waals surface area contributed by atoms with Crippen LogP contribution in [0.3, 0.4) is 0 Å². The van der Waals surface area contributed by atoms with Crippen molar-refractivity contribution in [3.8, 4) is 0 Å². The first kappa shape index (κ1) is 13.7. The summed E-state index contributed by atoms with van der Waals surface area (Å²) in [7, 11) is 0. The minimum atomic E-state index is -0.734. The number of carbonyl (C=O) groups is 1. The molecule has 1 amide bonds. The molecule has 2 atom stereocenters. The van der Waals surface area contributed by atoms with Crippen LogP contribution in [-0.2, 0) is 11.3 Å². The zero-order valence-electron chi connectivity index (χ0n) is 11.2. The molecule has 0 saturated carbocycles. The van der Waals surface area contributed by atoms with Crippen molar-refractivity contribution in [3.63, 3.8) is 0 Å². The third-order valence-electron chi connectivity index (χ3n) is 3.73. The molecular formula is C16H14F2N2O. The van der Waals surface area contributed by atoms with Gasteiger partial charge in [-0.2, -0.15) is 0 Å². The Kier molecular flexibility index (Phi) is 3.43. The van der Waals surface area contributed by atoms with E-state index in [2.05, 4.69) is 0 Å². The van der Waals surface area contributed by atoms with Crippen molar-refractivity contribution in [1.82, 2.24) is 4.90 Å². The van der Waals surface area contributed by atoms with Crippen LogP contribution in [0.4, 0.5) is 8.78 Å². The van der Waals surface area contributed by atoms with E-state index in [1.807, 2.05) is 0 Å². The van der Waals surface area contributed by atoms with Crippen LogP contribution in [0.25, 0.3) is 0 Å². The summed E-state index contributed by atoms with van der Waals surface area (Å²) >= 11 is 0. The summed E-state index contributed by atoms with van der Waals surface area (Å²) in [6.45, 7) is 0.284. The Balaban J connectivity index is 1.85. The number of amides is 1. The van der Waals surface area contributed by atoms with Crippen molar-refractivity contribution in [2.24, 2.45) is 5.73 Å². The van der Waals surface area contributed by atoms with Crippen LogP contribution in [0.15, 0.2) is 48.5 Å². The van der Waals surface area contributed by atoms with Gasteiger partial charge in [0.15, 0.2) is 0 Å². The highest BCUT2D eigenvalue weighted by Gasteiger charge is 2.46. The largest absolute Gasteiger partial charge is 0.328 e. The van der Waals surface area contributed by atoms with E-state index in [4.69, 9.17) is 5.73 Å². The maximum Gasteiger partial charge on any atom is 0.242 e. The molecule has 3 nitrogen and oxygen atoms in total. The second-order valence-corrected chi connectivity index (χ2v) is 5.08. The molecule has 1 fully saturated rings. The van der Waals surface area contributed by atoms with Crippen LogP contribution in [0.1, 0.15) is 17.2 Å². The lowest BCUT2D eigenvalue weighted by molar-refractivity contribution is -0.150. The van der Waals surface area contributed by atoms with E-state index >= 15 is 0 Å². The van der Waals surface area contributed by atoms with Gasteiger partial charge < -0.3 is 10.6 Å². The monoisotopic (exact) mass is 288 g/mol. The fourth-order valence-corrected chi connectivity index (χ4v) is 2.61. The van der Waals surface area contributed by atoms with Crippen LogP contribution in [0, 0.1) is 11.6 Å². The molecule has 0 bridgehead atoms. The zero-order valence-corrected chi connectivity index (χ0v) is 11.2. The van der Waals surface area contributed by atoms with Gasteiger partial charge in [-0.1, -0.05) is 30.3 Å². The Bertz CT molecular complexity index is 672. The van der Waals surface area contributed by atoms with Gasteiger partial charge >= 0.3 is 0 Å². The minimum Gasteiger partial charge on any atom is -0.328 e. The molecule has 1 aliphatic rings. The lowest BCUT2D eigenvalue weighted by atomic mass is 9.88. The molecule has 21 heavy (non-hydrogen) atoms. The molecule has 5 heteroatoms. The molecule has 1 heterocycles. The van der Waals surface area contributed by atoms with E-state index in [9.17, 15) is 13.6 Å². The first-order valence-electron chi connectivity index (χ1n) is 6.63. The normalized spacial score (nSPS) is 21.3. The van der Waals surface area contributed by atoms with E-state index < -0.39 is 12.1 Å². The average molecular weight is 288 g/mol. The highest BCUT2D eigenvalue weighted by atomic mass is 19.1. The fraction of sp³-hybridized carbons (Fsp3) is 0.188. The van der Waals surface area contributed by atoms with Crippen molar-refractivity contribution in [2.45, 2.75) is 18.6 Å². The summed E-state index contributed by atoms with van der Waals surface area (Å²) < 4.78 is 26.8. The number of rotatable bonds is 3. The number of hydrogen-bond donors (Lipinski definition) is 1. The molecule has 0 spiro atoms. The molecule has 2 aromatic rings. The number of nitrogens with zero attached hydrogens (tertiary/aromatic N) is 1. The SMILES string of the molecule is NC1C(=O)N(Cc2ccc(F)cc2)C1c1ccccc1F. The number of benzene rings is 2. The molecule has 1 aliphatic heterocycles. The van der Waals surface area contributed by atoms with E-state index in [1.54, 1.807) is 30.3 Å². The van der Waals surface area contributed by atoms with Crippen LogP contribution in [0.2, 0.25) is 0 Å². The molecule has 2 N–H and O–H groups in total. The van der Waals surface area contributed by atoms with Gasteiger partial charge in [-0.05, 0) is 23.8 Å². The minimum absolute atomic E-state index is 0.229. The Morgan fingerprint density at radius 2 is 1.71 bits per heavy atom. The van der Waals surface area contributed by atoms with Crippen molar-refractivity contribution in [2.75, 3.05) is 0 Å². The topological polar surface area (TPSA) is 46.3 Å². The van der Waals surface area contributed by atoms with Gasteiger partial charge in [-0.25, -0.2) is 8.78 Å². The lowest BCUT2D eigenvalue weighted by Gasteiger charge is -2.45. The van der Waals surface area contributed by atoms with Gasteiger partial charge in [-0.15, -0.1) is 0 Å². The van der Waals surface area contributed by atoms with E-state index in [-0.39, 0.29) is 24.1 Å². The molecule has 0 radical (unpaired) electrons. The smallest absolute Gasteiger partial charge is 0.242 e. The maximum absolute atomic E-state index is 13.9. The first-order valence-corrected chi connectivity index (χ1v) is 6.63. The zero-order chi connectivity index (χ0) is 15.0. The highest BCUT2D eigenvalue weighted by molar-refractivity contribution is 5.89. The molecule has 2 unspecified atom stereocenters. The fourth-order valence-electron chi connectivity index (χ4n) is 2.61. The molecule has 0 aromatic heterocycles. The number of halogens is 2. The maximum atomic E-state index is 13.9. The van der Waals surface area contributed by atoms with Crippen LogP contribution in [0.5, 0.6) is 0 Å². The molecule has 0 aliphatic carbocycles. The van der Waals surface area contributed by atoms with Crippen molar-refractivity contribution < 1.29 is 13.6 Å². The summed E-state index contributed by atoms with van der Waals surface area (Å²) in [6, 6.07) is 10.9. The van der Waals surface area contributed by atoms with Crippen molar-refractivity contribution >= 4 is 5.91 Å². The predicted octanol–water partition coefficient (Wildman–Crippen LogP) is 2.38. The summed E-state index contributed by atoms with van der Waals surface area (Å²) in [5.41, 5.74) is 7.00. The third kappa shape index (κ3) is 2.40. The number of nitrogens with two attached hydrogens (primary N) is 1. The molecule has 3 rings (SSSR count). The van der Waals surface area contributed by atoms with Gasteiger partial charge in [0.2, 0.25) is 5.91 Å². The summed E-state index contributed by atoms with van der Waals surface area (Å²) in [4.78, 5) is 13.4.